The minimum atomic E-state index is -0.0955. The maximum absolute atomic E-state index is 12.6. The summed E-state index contributed by atoms with van der Waals surface area (Å²) in [5.74, 6) is 2.06. The molecule has 29 heavy (non-hydrogen) atoms. The molecule has 152 valence electrons. The zero-order valence-electron chi connectivity index (χ0n) is 17.1. The van der Waals surface area contributed by atoms with Crippen molar-refractivity contribution < 1.29 is 19.0 Å². The topological polar surface area (TPSA) is 44.8 Å². The zero-order valence-corrected chi connectivity index (χ0v) is 17.1. The molecule has 0 unspecified atom stereocenters. The molecule has 0 atom stereocenters. The summed E-state index contributed by atoms with van der Waals surface area (Å²) in [5.41, 5.74) is 2.41. The van der Waals surface area contributed by atoms with Gasteiger partial charge in [0.05, 0.1) is 13.2 Å². The summed E-state index contributed by atoms with van der Waals surface area (Å²) >= 11 is 0. The molecule has 0 heterocycles. The lowest BCUT2D eigenvalue weighted by Gasteiger charge is -2.14. The van der Waals surface area contributed by atoms with E-state index in [2.05, 4.69) is 13.2 Å². The highest BCUT2D eigenvalue weighted by Gasteiger charge is 2.11. The Morgan fingerprint density at radius 3 is 2.24 bits per heavy atom. The van der Waals surface area contributed by atoms with Crippen molar-refractivity contribution in [2.75, 3.05) is 19.8 Å². The molecule has 2 aromatic rings. The van der Waals surface area contributed by atoms with E-state index in [1.165, 1.54) is 0 Å². The lowest BCUT2D eigenvalue weighted by molar-refractivity contribution is 0.104. The maximum Gasteiger partial charge on any atom is 0.185 e. The molecule has 0 aromatic heterocycles. The predicted molar refractivity (Wildman–Crippen MR) is 118 cm³/mol. The van der Waals surface area contributed by atoms with Crippen LogP contribution < -0.4 is 14.2 Å². The minimum Gasteiger partial charge on any atom is -0.493 e. The van der Waals surface area contributed by atoms with Crippen LogP contribution in [0.15, 0.2) is 67.8 Å². The second-order valence-corrected chi connectivity index (χ2v) is 6.18. The molecule has 0 bridgehead atoms. The van der Waals surface area contributed by atoms with Gasteiger partial charge in [-0.1, -0.05) is 18.7 Å². The number of hydrogen-bond donors (Lipinski definition) is 0. The van der Waals surface area contributed by atoms with E-state index in [0.717, 1.165) is 16.9 Å². The van der Waals surface area contributed by atoms with Gasteiger partial charge in [-0.15, -0.1) is 6.58 Å². The third-order valence-corrected chi connectivity index (χ3v) is 4.08. The third-order valence-electron chi connectivity index (χ3n) is 4.08. The van der Waals surface area contributed by atoms with Crippen molar-refractivity contribution in [3.63, 3.8) is 0 Å². The average molecular weight is 392 g/mol. The molecule has 4 heteroatoms. The Morgan fingerprint density at radius 1 is 0.931 bits per heavy atom. The fourth-order valence-corrected chi connectivity index (χ4v) is 2.77. The first-order valence-electron chi connectivity index (χ1n) is 9.72. The summed E-state index contributed by atoms with van der Waals surface area (Å²) in [7, 11) is 0. The van der Waals surface area contributed by atoms with Gasteiger partial charge in [-0.05, 0) is 68.3 Å². The molecule has 0 spiro atoms. The number of benzene rings is 2. The number of ether oxygens (including phenoxy) is 3. The van der Waals surface area contributed by atoms with Gasteiger partial charge in [0.1, 0.15) is 23.9 Å². The van der Waals surface area contributed by atoms with Crippen molar-refractivity contribution in [1.82, 2.24) is 0 Å². The Bertz CT molecular complexity index is 863. The SMILES string of the molecule is C=CCOc1ccc(C(=O)C=Cc2cc(CC=C)c(OCC)cc2OCC)cc1. The second kappa shape index (κ2) is 11.5. The largest absolute Gasteiger partial charge is 0.493 e. The maximum atomic E-state index is 12.6. The smallest absolute Gasteiger partial charge is 0.185 e. The Hall–Kier alpha value is -3.27. The first kappa shape index (κ1) is 22.0. The average Bonchev–Trinajstić information content (AvgIpc) is 2.73. The Balaban J connectivity index is 2.26. The molecular formula is C25H28O4. The number of carbonyl (C=O) groups is 1. The van der Waals surface area contributed by atoms with Crippen LogP contribution in [0.4, 0.5) is 0 Å². The monoisotopic (exact) mass is 392 g/mol. The van der Waals surface area contributed by atoms with Crippen LogP contribution in [0.25, 0.3) is 6.08 Å². The van der Waals surface area contributed by atoms with Crippen LogP contribution >= 0.6 is 0 Å². The van der Waals surface area contributed by atoms with E-state index in [1.807, 2.05) is 32.1 Å². The first-order chi connectivity index (χ1) is 14.1. The molecule has 0 amide bonds. The summed E-state index contributed by atoms with van der Waals surface area (Å²) < 4.78 is 16.9. The van der Waals surface area contributed by atoms with Gasteiger partial charge in [-0.25, -0.2) is 0 Å². The van der Waals surface area contributed by atoms with E-state index in [4.69, 9.17) is 14.2 Å². The van der Waals surface area contributed by atoms with Crippen LogP contribution in [0.2, 0.25) is 0 Å². The first-order valence-corrected chi connectivity index (χ1v) is 9.72. The van der Waals surface area contributed by atoms with E-state index in [-0.39, 0.29) is 5.78 Å². The molecule has 0 aliphatic heterocycles. The standard InChI is InChI=1S/C25H28O4/c1-5-9-20-17-21(25(28-8-4)18-24(20)27-7-3)12-15-23(26)19-10-13-22(14-11-19)29-16-6-2/h5-6,10-15,17-18H,1-2,7-9,16H2,3-4H3. The zero-order chi connectivity index (χ0) is 21.1. The van der Waals surface area contributed by atoms with Crippen LogP contribution in [-0.2, 0) is 6.42 Å². The van der Waals surface area contributed by atoms with Gasteiger partial charge in [-0.2, -0.15) is 0 Å². The molecule has 0 aliphatic carbocycles. The van der Waals surface area contributed by atoms with Gasteiger partial charge < -0.3 is 14.2 Å². The molecule has 0 radical (unpaired) electrons. The summed E-state index contributed by atoms with van der Waals surface area (Å²) in [5, 5.41) is 0. The second-order valence-electron chi connectivity index (χ2n) is 6.18. The van der Waals surface area contributed by atoms with Gasteiger partial charge in [0.2, 0.25) is 0 Å². The van der Waals surface area contributed by atoms with Crippen LogP contribution in [0.3, 0.4) is 0 Å². The predicted octanol–water partition coefficient (Wildman–Crippen LogP) is 5.67. The van der Waals surface area contributed by atoms with E-state index in [0.29, 0.717) is 43.3 Å². The molecule has 0 saturated heterocycles. The van der Waals surface area contributed by atoms with E-state index in [1.54, 1.807) is 42.5 Å². The highest BCUT2D eigenvalue weighted by molar-refractivity contribution is 6.07. The van der Waals surface area contributed by atoms with Crippen LogP contribution in [-0.4, -0.2) is 25.6 Å². The van der Waals surface area contributed by atoms with Gasteiger partial charge in [0.25, 0.3) is 0 Å². The Morgan fingerprint density at radius 2 is 1.62 bits per heavy atom. The number of allylic oxidation sites excluding steroid dienone is 2. The number of ketones is 1. The van der Waals surface area contributed by atoms with Crippen LogP contribution in [0.1, 0.15) is 35.3 Å². The van der Waals surface area contributed by atoms with Crippen LogP contribution in [0, 0.1) is 0 Å². The highest BCUT2D eigenvalue weighted by Crippen LogP contribution is 2.31. The quantitative estimate of drug-likeness (QED) is 0.265. The number of hydrogen-bond acceptors (Lipinski definition) is 4. The Labute approximate surface area is 173 Å². The van der Waals surface area contributed by atoms with E-state index >= 15 is 0 Å². The fourth-order valence-electron chi connectivity index (χ4n) is 2.77. The van der Waals surface area contributed by atoms with Crippen molar-refractivity contribution in [2.45, 2.75) is 20.3 Å². The molecule has 4 nitrogen and oxygen atoms in total. The molecule has 2 rings (SSSR count). The van der Waals surface area contributed by atoms with Crippen molar-refractivity contribution in [3.8, 4) is 17.2 Å². The van der Waals surface area contributed by atoms with E-state index in [9.17, 15) is 4.79 Å². The van der Waals surface area contributed by atoms with Gasteiger partial charge >= 0.3 is 0 Å². The highest BCUT2D eigenvalue weighted by atomic mass is 16.5. The van der Waals surface area contributed by atoms with Crippen molar-refractivity contribution >= 4 is 11.9 Å². The van der Waals surface area contributed by atoms with Gasteiger partial charge in [-0.3, -0.25) is 4.79 Å². The minimum absolute atomic E-state index is 0.0955. The molecule has 0 saturated carbocycles. The summed E-state index contributed by atoms with van der Waals surface area (Å²) in [6.07, 6.45) is 7.50. The molecule has 0 N–H and O–H groups in total. The summed E-state index contributed by atoms with van der Waals surface area (Å²) in [6.45, 7) is 12.8. The van der Waals surface area contributed by atoms with Crippen molar-refractivity contribution in [3.05, 3.63) is 84.5 Å². The summed E-state index contributed by atoms with van der Waals surface area (Å²) in [4.78, 5) is 12.6. The summed E-state index contributed by atoms with van der Waals surface area (Å²) in [6, 6.07) is 10.9. The number of rotatable bonds is 12. The van der Waals surface area contributed by atoms with Crippen molar-refractivity contribution in [1.29, 1.82) is 0 Å². The molecule has 2 aromatic carbocycles. The molecule has 0 fully saturated rings. The Kier molecular flexibility index (Phi) is 8.77. The normalized spacial score (nSPS) is 10.6. The lowest BCUT2D eigenvalue weighted by atomic mass is 10.0. The molecule has 0 aliphatic rings. The van der Waals surface area contributed by atoms with E-state index < -0.39 is 0 Å². The number of carbonyl (C=O) groups excluding carboxylic acids is 1. The fraction of sp³-hybridized carbons (Fsp3) is 0.240. The third kappa shape index (κ3) is 6.39. The molecular weight excluding hydrogens is 364 g/mol. The van der Waals surface area contributed by atoms with Gasteiger partial charge in [0, 0.05) is 17.2 Å². The van der Waals surface area contributed by atoms with Gasteiger partial charge in [0.15, 0.2) is 5.78 Å². The van der Waals surface area contributed by atoms with Crippen molar-refractivity contribution in [2.24, 2.45) is 0 Å². The lowest BCUT2D eigenvalue weighted by Crippen LogP contribution is -2.01. The van der Waals surface area contributed by atoms with Crippen LogP contribution in [0.5, 0.6) is 17.2 Å².